The third kappa shape index (κ3) is 5.64. The molecule has 0 bridgehead atoms. The monoisotopic (exact) mass is 632 g/mol. The number of benzene rings is 3. The SMILES string of the molecule is CONC(=C1C(=O)C(=O)N(c2ncc(S(=O)(=O)c3ccc([N+](=O)[O-])cc3)s2)C1c1ccc(C(C)C)cc1)c1ccc(C)cc1. The van der Waals surface area contributed by atoms with Gasteiger partial charge in [0, 0.05) is 17.7 Å². The number of carbonyl (C=O) groups excluding carboxylic acids is 2. The van der Waals surface area contributed by atoms with Crippen LogP contribution in [0.25, 0.3) is 5.70 Å². The molecule has 3 aromatic carbocycles. The van der Waals surface area contributed by atoms with E-state index in [4.69, 9.17) is 4.84 Å². The van der Waals surface area contributed by atoms with Gasteiger partial charge >= 0.3 is 5.91 Å². The van der Waals surface area contributed by atoms with E-state index in [2.05, 4.69) is 24.3 Å². The average molecular weight is 633 g/mol. The molecule has 1 unspecified atom stereocenters. The molecule has 1 amide bonds. The van der Waals surface area contributed by atoms with Crippen molar-refractivity contribution in [3.8, 4) is 0 Å². The first-order valence-corrected chi connectivity index (χ1v) is 15.8. The molecule has 11 nitrogen and oxygen atoms in total. The predicted octanol–water partition coefficient (Wildman–Crippen LogP) is 5.54. The van der Waals surface area contributed by atoms with Gasteiger partial charge in [0.1, 0.15) is 4.21 Å². The number of hydrogen-bond acceptors (Lipinski definition) is 10. The Morgan fingerprint density at radius 3 is 2.23 bits per heavy atom. The second kappa shape index (κ2) is 12.1. The van der Waals surface area contributed by atoms with Crippen molar-refractivity contribution in [1.29, 1.82) is 0 Å². The summed E-state index contributed by atoms with van der Waals surface area (Å²) >= 11 is 0.725. The Kier molecular flexibility index (Phi) is 8.46. The van der Waals surface area contributed by atoms with Crippen LogP contribution in [0, 0.1) is 17.0 Å². The summed E-state index contributed by atoms with van der Waals surface area (Å²) in [7, 11) is -2.74. The molecule has 226 valence electrons. The third-order valence-corrected chi connectivity index (χ3v) is 10.5. The van der Waals surface area contributed by atoms with Crippen molar-refractivity contribution >= 4 is 49.4 Å². The van der Waals surface area contributed by atoms with Gasteiger partial charge in [-0.1, -0.05) is 79.3 Å². The van der Waals surface area contributed by atoms with Crippen LogP contribution in [0.5, 0.6) is 0 Å². The van der Waals surface area contributed by atoms with E-state index in [-0.39, 0.29) is 31.4 Å². The highest BCUT2D eigenvalue weighted by molar-refractivity contribution is 7.93. The molecule has 1 aromatic heterocycles. The Labute approximate surface area is 257 Å². The number of hydroxylamine groups is 1. The lowest BCUT2D eigenvalue weighted by Gasteiger charge is -2.24. The zero-order valence-electron chi connectivity index (χ0n) is 24.2. The van der Waals surface area contributed by atoms with Gasteiger partial charge in [0.05, 0.1) is 40.4 Å². The number of rotatable bonds is 9. The Morgan fingerprint density at radius 2 is 1.66 bits per heavy atom. The van der Waals surface area contributed by atoms with Gasteiger partial charge in [0.15, 0.2) is 5.13 Å². The number of ketones is 1. The van der Waals surface area contributed by atoms with E-state index in [1.165, 1.54) is 12.0 Å². The van der Waals surface area contributed by atoms with Gasteiger partial charge in [-0.3, -0.25) is 34.9 Å². The molecule has 4 aromatic rings. The fraction of sp³-hybridized carbons (Fsp3) is 0.194. The molecule has 44 heavy (non-hydrogen) atoms. The number of nitrogens with one attached hydrogen (secondary N) is 1. The second-order valence-corrected chi connectivity index (χ2v) is 13.6. The number of Topliss-reactive ketones (excluding diaryl/α,β-unsaturated/α-hetero) is 1. The summed E-state index contributed by atoms with van der Waals surface area (Å²) in [5.41, 5.74) is 6.23. The largest absolute Gasteiger partial charge is 0.301 e. The van der Waals surface area contributed by atoms with Crippen LogP contribution in [0.1, 0.15) is 48.1 Å². The van der Waals surface area contributed by atoms with E-state index in [0.29, 0.717) is 16.8 Å². The van der Waals surface area contributed by atoms with Gasteiger partial charge in [0.2, 0.25) is 9.84 Å². The van der Waals surface area contributed by atoms with Crippen molar-refractivity contribution < 1.29 is 27.8 Å². The number of hydrogen-bond donors (Lipinski definition) is 1. The van der Waals surface area contributed by atoms with Crippen molar-refractivity contribution in [2.24, 2.45) is 0 Å². The number of aryl methyl sites for hydroxylation is 1. The van der Waals surface area contributed by atoms with E-state index >= 15 is 0 Å². The first-order valence-electron chi connectivity index (χ1n) is 13.5. The van der Waals surface area contributed by atoms with Crippen LogP contribution in [0.3, 0.4) is 0 Å². The van der Waals surface area contributed by atoms with Crippen LogP contribution >= 0.6 is 11.3 Å². The molecule has 2 heterocycles. The highest BCUT2D eigenvalue weighted by Crippen LogP contribution is 2.44. The summed E-state index contributed by atoms with van der Waals surface area (Å²) in [5, 5.41) is 11.0. The fourth-order valence-corrected chi connectivity index (χ4v) is 7.41. The molecular weight excluding hydrogens is 604 g/mol. The van der Waals surface area contributed by atoms with Gasteiger partial charge < -0.3 is 0 Å². The summed E-state index contributed by atoms with van der Waals surface area (Å²) in [6.45, 7) is 6.03. The molecule has 1 fully saturated rings. The molecule has 13 heteroatoms. The maximum Gasteiger partial charge on any atom is 0.301 e. The molecule has 0 spiro atoms. The lowest BCUT2D eigenvalue weighted by Crippen LogP contribution is -2.29. The lowest BCUT2D eigenvalue weighted by atomic mass is 9.92. The summed E-state index contributed by atoms with van der Waals surface area (Å²) in [4.78, 5) is 48.5. The zero-order chi connectivity index (χ0) is 31.8. The number of nitro benzene ring substituents is 1. The standard InChI is InChI=1S/C31H28N4O7S2/c1-18(2)20-9-11-22(12-10-20)28-26(27(33-42-4)21-7-5-19(3)6-8-21)29(36)30(37)34(28)31-32-17-25(43-31)44(40,41)24-15-13-23(14-16-24)35(38)39/h5-18,28,33H,1-4H3. The molecule has 5 rings (SSSR count). The minimum Gasteiger partial charge on any atom is -0.283 e. The number of sulfone groups is 1. The van der Waals surface area contributed by atoms with Crippen LogP contribution in [-0.2, 0) is 24.3 Å². The second-order valence-electron chi connectivity index (χ2n) is 10.4. The minimum absolute atomic E-state index is 0.00237. The summed E-state index contributed by atoms with van der Waals surface area (Å²) in [6.07, 6.45) is 1.11. The third-order valence-electron chi connectivity index (χ3n) is 7.22. The number of nitro groups is 1. The molecular formula is C31H28N4O7S2. The van der Waals surface area contributed by atoms with Gasteiger partial charge in [-0.25, -0.2) is 13.4 Å². The summed E-state index contributed by atoms with van der Waals surface area (Å²) in [5.74, 6) is -1.43. The van der Waals surface area contributed by atoms with E-state index in [1.807, 2.05) is 43.3 Å². The molecule has 0 radical (unpaired) electrons. The quantitative estimate of drug-likeness (QED) is 0.109. The minimum atomic E-state index is -4.14. The number of nitrogens with zero attached hydrogens (tertiary/aromatic N) is 3. The van der Waals surface area contributed by atoms with E-state index in [0.717, 1.165) is 52.9 Å². The van der Waals surface area contributed by atoms with Gasteiger partial charge in [0.25, 0.3) is 11.5 Å². The topological polar surface area (TPSA) is 149 Å². The zero-order valence-corrected chi connectivity index (χ0v) is 25.8. The van der Waals surface area contributed by atoms with Crippen LogP contribution in [0.4, 0.5) is 10.8 Å². The van der Waals surface area contributed by atoms with Crippen molar-refractivity contribution in [3.63, 3.8) is 0 Å². The first-order chi connectivity index (χ1) is 20.9. The Bertz CT molecular complexity index is 1880. The Morgan fingerprint density at radius 1 is 1.02 bits per heavy atom. The van der Waals surface area contributed by atoms with Crippen molar-refractivity contribution in [2.75, 3.05) is 12.0 Å². The van der Waals surface area contributed by atoms with Crippen LogP contribution in [-0.4, -0.2) is 37.1 Å². The summed E-state index contributed by atoms with van der Waals surface area (Å²) < 4.78 is 26.6. The maximum atomic E-state index is 13.8. The molecule has 1 aliphatic heterocycles. The molecule has 1 saturated heterocycles. The number of amides is 1. The maximum absolute atomic E-state index is 13.8. The molecule has 0 aliphatic carbocycles. The number of aromatic nitrogens is 1. The van der Waals surface area contributed by atoms with Crippen molar-refractivity contribution in [2.45, 2.75) is 41.8 Å². The number of thiazole rings is 1. The van der Waals surface area contributed by atoms with Gasteiger partial charge in [-0.2, -0.15) is 0 Å². The smallest absolute Gasteiger partial charge is 0.283 e. The van der Waals surface area contributed by atoms with Crippen LogP contribution < -0.4 is 10.4 Å². The van der Waals surface area contributed by atoms with Crippen LogP contribution in [0.15, 0.2) is 93.7 Å². The van der Waals surface area contributed by atoms with E-state index in [9.17, 15) is 28.1 Å². The molecule has 1 N–H and O–H groups in total. The van der Waals surface area contributed by atoms with Gasteiger partial charge in [-0.05, 0) is 36.1 Å². The molecule has 0 saturated carbocycles. The Balaban J connectivity index is 1.66. The van der Waals surface area contributed by atoms with Crippen molar-refractivity contribution in [1.82, 2.24) is 10.5 Å². The fourth-order valence-electron chi connectivity index (χ4n) is 4.86. The van der Waals surface area contributed by atoms with Gasteiger partial charge in [-0.15, -0.1) is 0 Å². The number of anilines is 1. The molecule has 1 aliphatic rings. The first kappa shape index (κ1) is 30.7. The normalized spacial score (nSPS) is 16.5. The lowest BCUT2D eigenvalue weighted by molar-refractivity contribution is -0.384. The number of non-ortho nitro benzene ring substituents is 1. The summed E-state index contributed by atoms with van der Waals surface area (Å²) in [6, 6.07) is 18.4. The number of carbonyl (C=O) groups is 2. The van der Waals surface area contributed by atoms with Crippen LogP contribution in [0.2, 0.25) is 0 Å². The highest BCUT2D eigenvalue weighted by atomic mass is 32.2. The predicted molar refractivity (Wildman–Crippen MR) is 165 cm³/mol. The Hall–Kier alpha value is -4.72. The van der Waals surface area contributed by atoms with E-state index in [1.54, 1.807) is 12.1 Å². The highest BCUT2D eigenvalue weighted by Gasteiger charge is 2.48. The van der Waals surface area contributed by atoms with E-state index < -0.39 is 32.5 Å². The van der Waals surface area contributed by atoms with Crippen molar-refractivity contribution in [3.05, 3.63) is 117 Å². The molecule has 1 atom stereocenters. The average Bonchev–Trinajstić information content (AvgIpc) is 3.60.